The fourth-order valence-electron chi connectivity index (χ4n) is 3.82. The van der Waals surface area contributed by atoms with Crippen LogP contribution in [0.25, 0.3) is 33.2 Å². The van der Waals surface area contributed by atoms with Crippen LogP contribution in [0.5, 0.6) is 0 Å². The number of para-hydroxylation sites is 1. The Hall–Kier alpha value is -3.23. The average Bonchev–Trinajstić information content (AvgIpc) is 3.26. The third-order valence-electron chi connectivity index (χ3n) is 5.18. The Balaban J connectivity index is 1.76. The van der Waals surface area contributed by atoms with Gasteiger partial charge in [0.15, 0.2) is 11.5 Å². The predicted molar refractivity (Wildman–Crippen MR) is 119 cm³/mol. The first-order valence-electron chi connectivity index (χ1n) is 9.41. The minimum atomic E-state index is -3.95. The van der Waals surface area contributed by atoms with Crippen LogP contribution in [0.1, 0.15) is 5.56 Å². The van der Waals surface area contributed by atoms with E-state index < -0.39 is 15.8 Å². The Morgan fingerprint density at radius 3 is 2.48 bits per heavy atom. The molecule has 0 atom stereocenters. The van der Waals surface area contributed by atoms with Crippen LogP contribution < -0.4 is 0 Å². The highest BCUT2D eigenvalue weighted by Gasteiger charge is 2.26. The molecule has 0 spiro atoms. The van der Waals surface area contributed by atoms with Gasteiger partial charge in [-0.1, -0.05) is 48.5 Å². The summed E-state index contributed by atoms with van der Waals surface area (Å²) >= 11 is 6.16. The minimum Gasteiger partial charge on any atom is -0.350 e. The van der Waals surface area contributed by atoms with Crippen LogP contribution in [0.2, 0.25) is 5.28 Å². The number of hydrogen-bond acceptors (Lipinski definition) is 4. The van der Waals surface area contributed by atoms with Crippen LogP contribution in [0.3, 0.4) is 0 Å². The molecule has 5 aromatic rings. The quantitative estimate of drug-likeness (QED) is 0.367. The Morgan fingerprint density at radius 2 is 1.71 bits per heavy atom. The molecule has 6 nitrogen and oxygen atoms in total. The van der Waals surface area contributed by atoms with Gasteiger partial charge in [0.2, 0.25) is 15.3 Å². The zero-order valence-electron chi connectivity index (χ0n) is 16.3. The second-order valence-electron chi connectivity index (χ2n) is 7.23. The normalized spacial score (nSPS) is 12.1. The standard InChI is InChI=1S/C22H16ClFN4O2S/c1-27-11-16(15-9-5-6-10-18(15)27)20-19-17(24)12-28(21(19)26-22(23)25-20)31(29,30)13-14-7-3-2-4-8-14/h2-12H,13H2,1H3. The fourth-order valence-corrected chi connectivity index (χ4v) is 5.39. The molecule has 156 valence electrons. The first kappa shape index (κ1) is 19.7. The summed E-state index contributed by atoms with van der Waals surface area (Å²) in [6.07, 6.45) is 2.75. The van der Waals surface area contributed by atoms with Gasteiger partial charge < -0.3 is 4.57 Å². The Kier molecular flexibility index (Phi) is 4.56. The lowest BCUT2D eigenvalue weighted by atomic mass is 10.1. The molecule has 5 rings (SSSR count). The van der Waals surface area contributed by atoms with Crippen molar-refractivity contribution in [1.29, 1.82) is 0 Å². The first-order chi connectivity index (χ1) is 14.8. The molecule has 9 heteroatoms. The van der Waals surface area contributed by atoms with E-state index in [1.807, 2.05) is 42.1 Å². The van der Waals surface area contributed by atoms with Gasteiger partial charge in [0.05, 0.1) is 23.0 Å². The highest BCUT2D eigenvalue weighted by molar-refractivity contribution is 7.89. The van der Waals surface area contributed by atoms with Crippen molar-refractivity contribution in [2.75, 3.05) is 0 Å². The molecule has 0 saturated carbocycles. The Labute approximate surface area is 182 Å². The Bertz CT molecular complexity index is 1560. The van der Waals surface area contributed by atoms with Gasteiger partial charge in [0, 0.05) is 29.7 Å². The van der Waals surface area contributed by atoms with Crippen LogP contribution in [0.15, 0.2) is 67.0 Å². The van der Waals surface area contributed by atoms with Crippen LogP contribution in [0.4, 0.5) is 4.39 Å². The highest BCUT2D eigenvalue weighted by Crippen LogP contribution is 2.36. The van der Waals surface area contributed by atoms with E-state index in [4.69, 9.17) is 11.6 Å². The number of nitrogens with zero attached hydrogens (tertiary/aromatic N) is 4. The third kappa shape index (κ3) is 3.28. The van der Waals surface area contributed by atoms with Crippen LogP contribution in [-0.2, 0) is 22.8 Å². The molecule has 3 aromatic heterocycles. The van der Waals surface area contributed by atoms with E-state index in [-0.39, 0.29) is 27.8 Å². The maximum absolute atomic E-state index is 15.1. The zero-order chi connectivity index (χ0) is 21.8. The van der Waals surface area contributed by atoms with Crippen molar-refractivity contribution >= 4 is 43.6 Å². The van der Waals surface area contributed by atoms with Crippen LogP contribution >= 0.6 is 11.6 Å². The molecule has 0 aliphatic heterocycles. The van der Waals surface area contributed by atoms with Gasteiger partial charge in [-0.2, -0.15) is 4.98 Å². The summed E-state index contributed by atoms with van der Waals surface area (Å²) in [7, 11) is -2.08. The van der Waals surface area contributed by atoms with E-state index in [2.05, 4.69) is 9.97 Å². The van der Waals surface area contributed by atoms with Crippen molar-refractivity contribution in [1.82, 2.24) is 18.5 Å². The van der Waals surface area contributed by atoms with Crippen LogP contribution in [0, 0.1) is 5.82 Å². The molecule has 0 unspecified atom stereocenters. The SMILES string of the molecule is Cn1cc(-c2nc(Cl)nc3c2c(F)cn3S(=O)(=O)Cc2ccccc2)c2ccccc21. The topological polar surface area (TPSA) is 69.8 Å². The van der Waals surface area contributed by atoms with Gasteiger partial charge in [-0.25, -0.2) is 21.8 Å². The predicted octanol–water partition coefficient (Wildman–Crippen LogP) is 4.76. The van der Waals surface area contributed by atoms with E-state index in [1.54, 1.807) is 30.3 Å². The summed E-state index contributed by atoms with van der Waals surface area (Å²) in [6, 6.07) is 16.3. The molecule has 3 heterocycles. The van der Waals surface area contributed by atoms with Crippen molar-refractivity contribution in [2.45, 2.75) is 5.75 Å². The van der Waals surface area contributed by atoms with E-state index in [9.17, 15) is 8.42 Å². The molecule has 0 fully saturated rings. The molecule has 0 N–H and O–H groups in total. The third-order valence-corrected chi connectivity index (χ3v) is 6.93. The summed E-state index contributed by atoms with van der Waals surface area (Å²) < 4.78 is 44.1. The lowest BCUT2D eigenvalue weighted by Crippen LogP contribution is -2.14. The lowest BCUT2D eigenvalue weighted by Gasteiger charge is -2.08. The van der Waals surface area contributed by atoms with E-state index in [0.717, 1.165) is 21.1 Å². The lowest BCUT2D eigenvalue weighted by molar-refractivity contribution is 0.585. The van der Waals surface area contributed by atoms with E-state index in [0.29, 0.717) is 11.1 Å². The van der Waals surface area contributed by atoms with Crippen LogP contribution in [-0.4, -0.2) is 26.9 Å². The van der Waals surface area contributed by atoms with Crippen molar-refractivity contribution < 1.29 is 12.8 Å². The molecule has 0 radical (unpaired) electrons. The van der Waals surface area contributed by atoms with Gasteiger partial charge in [0.25, 0.3) is 0 Å². The number of aromatic nitrogens is 4. The summed E-state index contributed by atoms with van der Waals surface area (Å²) in [5.41, 5.74) is 2.31. The molecular weight excluding hydrogens is 439 g/mol. The fraction of sp³-hybridized carbons (Fsp3) is 0.0909. The van der Waals surface area contributed by atoms with Gasteiger partial charge in [-0.15, -0.1) is 0 Å². The highest BCUT2D eigenvalue weighted by atomic mass is 35.5. The van der Waals surface area contributed by atoms with Gasteiger partial charge in [0.1, 0.15) is 0 Å². The van der Waals surface area contributed by atoms with Crippen molar-refractivity contribution in [3.8, 4) is 11.3 Å². The number of rotatable bonds is 4. The summed E-state index contributed by atoms with van der Waals surface area (Å²) in [6.45, 7) is 0. The maximum atomic E-state index is 15.1. The number of aryl methyl sites for hydroxylation is 1. The summed E-state index contributed by atoms with van der Waals surface area (Å²) in [5.74, 6) is -1.03. The molecule has 0 amide bonds. The van der Waals surface area contributed by atoms with Crippen molar-refractivity contribution in [3.05, 3.63) is 83.7 Å². The van der Waals surface area contributed by atoms with Gasteiger partial charge in [-0.3, -0.25) is 0 Å². The van der Waals surface area contributed by atoms with Crippen molar-refractivity contribution in [3.63, 3.8) is 0 Å². The number of benzene rings is 2. The first-order valence-corrected chi connectivity index (χ1v) is 11.4. The zero-order valence-corrected chi connectivity index (χ0v) is 17.9. The molecule has 0 aliphatic rings. The van der Waals surface area contributed by atoms with E-state index in [1.165, 1.54) is 0 Å². The largest absolute Gasteiger partial charge is 0.350 e. The molecule has 0 saturated heterocycles. The molecule has 0 bridgehead atoms. The summed E-state index contributed by atoms with van der Waals surface area (Å²) in [4.78, 5) is 8.34. The number of hydrogen-bond donors (Lipinski definition) is 0. The average molecular weight is 455 g/mol. The van der Waals surface area contributed by atoms with Gasteiger partial charge >= 0.3 is 0 Å². The molecule has 2 aromatic carbocycles. The molecular formula is C22H16ClFN4O2S. The second kappa shape index (κ2) is 7.18. The second-order valence-corrected chi connectivity index (χ2v) is 9.41. The monoisotopic (exact) mass is 454 g/mol. The van der Waals surface area contributed by atoms with Gasteiger partial charge in [-0.05, 0) is 23.2 Å². The number of halogens is 2. The number of fused-ring (bicyclic) bond motifs is 2. The maximum Gasteiger partial charge on any atom is 0.244 e. The molecule has 31 heavy (non-hydrogen) atoms. The smallest absolute Gasteiger partial charge is 0.244 e. The van der Waals surface area contributed by atoms with Crippen molar-refractivity contribution in [2.24, 2.45) is 7.05 Å². The molecule has 0 aliphatic carbocycles. The minimum absolute atomic E-state index is 0.0115. The summed E-state index contributed by atoms with van der Waals surface area (Å²) in [5, 5.41) is 0.697. The Morgan fingerprint density at radius 1 is 1.00 bits per heavy atom. The van der Waals surface area contributed by atoms with E-state index >= 15 is 4.39 Å².